The van der Waals surface area contributed by atoms with Crippen LogP contribution in [0.3, 0.4) is 0 Å². The van der Waals surface area contributed by atoms with Crippen molar-refractivity contribution in [3.63, 3.8) is 0 Å². The number of aryl methyl sites for hydroxylation is 1. The number of nitrogens with zero attached hydrogens (tertiary/aromatic N) is 4. The van der Waals surface area contributed by atoms with Gasteiger partial charge in [-0.25, -0.2) is 9.97 Å². The molecule has 0 aliphatic heterocycles. The first-order valence-corrected chi connectivity index (χ1v) is 4.81. The van der Waals surface area contributed by atoms with Crippen LogP contribution in [-0.4, -0.2) is 19.7 Å². The lowest BCUT2D eigenvalue weighted by molar-refractivity contribution is 0.720. The average Bonchev–Trinajstić information content (AvgIpc) is 2.63. The van der Waals surface area contributed by atoms with Crippen molar-refractivity contribution >= 4 is 17.4 Å². The highest BCUT2D eigenvalue weighted by molar-refractivity contribution is 6.32. The fraction of sp³-hybridized carbons (Fsp3) is 0.222. The summed E-state index contributed by atoms with van der Waals surface area (Å²) in [4.78, 5) is 7.83. The van der Waals surface area contributed by atoms with E-state index in [0.29, 0.717) is 17.4 Å². The molecule has 0 aliphatic carbocycles. The van der Waals surface area contributed by atoms with Crippen LogP contribution in [0.1, 0.15) is 5.69 Å². The Labute approximate surface area is 92.1 Å². The van der Waals surface area contributed by atoms with Gasteiger partial charge in [-0.1, -0.05) is 11.6 Å². The van der Waals surface area contributed by atoms with Crippen LogP contribution in [-0.2, 0) is 13.6 Å². The molecule has 78 valence electrons. The molecule has 0 radical (unpaired) electrons. The van der Waals surface area contributed by atoms with Crippen LogP contribution in [0.2, 0.25) is 5.02 Å². The lowest BCUT2D eigenvalue weighted by Gasteiger charge is -2.06. The van der Waals surface area contributed by atoms with Gasteiger partial charge in [-0.15, -0.1) is 0 Å². The van der Waals surface area contributed by atoms with Crippen LogP contribution in [0.25, 0.3) is 0 Å². The largest absolute Gasteiger partial charge is 0.363 e. The van der Waals surface area contributed by atoms with Crippen molar-refractivity contribution < 1.29 is 0 Å². The molecule has 0 amide bonds. The van der Waals surface area contributed by atoms with Crippen molar-refractivity contribution in [2.24, 2.45) is 7.05 Å². The summed E-state index contributed by atoms with van der Waals surface area (Å²) in [5, 5.41) is 7.69. The zero-order chi connectivity index (χ0) is 10.7. The Morgan fingerprint density at radius 1 is 1.53 bits per heavy atom. The second-order valence-electron chi connectivity index (χ2n) is 3.02. The molecule has 0 bridgehead atoms. The van der Waals surface area contributed by atoms with Gasteiger partial charge in [0.25, 0.3) is 0 Å². The molecule has 0 saturated carbocycles. The Kier molecular flexibility index (Phi) is 2.82. The smallest absolute Gasteiger partial charge is 0.148 e. The van der Waals surface area contributed by atoms with Gasteiger partial charge in [0.2, 0.25) is 0 Å². The van der Waals surface area contributed by atoms with Gasteiger partial charge in [-0.2, -0.15) is 5.10 Å². The maximum atomic E-state index is 5.89. The van der Waals surface area contributed by atoms with E-state index in [0.717, 1.165) is 5.69 Å². The molecule has 6 heteroatoms. The van der Waals surface area contributed by atoms with E-state index in [2.05, 4.69) is 20.4 Å². The lowest BCUT2D eigenvalue weighted by atomic mass is 10.4. The Hall–Kier alpha value is -1.62. The molecule has 0 saturated heterocycles. The molecule has 2 aromatic heterocycles. The predicted molar refractivity (Wildman–Crippen MR) is 57.6 cm³/mol. The van der Waals surface area contributed by atoms with Gasteiger partial charge in [0.15, 0.2) is 0 Å². The van der Waals surface area contributed by atoms with Crippen molar-refractivity contribution in [3.05, 3.63) is 35.5 Å². The molecule has 0 aliphatic rings. The van der Waals surface area contributed by atoms with Crippen molar-refractivity contribution in [3.8, 4) is 0 Å². The van der Waals surface area contributed by atoms with E-state index in [1.807, 2.05) is 13.1 Å². The normalized spacial score (nSPS) is 10.3. The molecule has 0 unspecified atom stereocenters. The summed E-state index contributed by atoms with van der Waals surface area (Å²) in [6.07, 6.45) is 4.76. The second-order valence-corrected chi connectivity index (χ2v) is 3.43. The summed E-state index contributed by atoms with van der Waals surface area (Å²) >= 11 is 5.89. The van der Waals surface area contributed by atoms with E-state index in [-0.39, 0.29) is 0 Å². The highest BCUT2D eigenvalue weighted by Gasteiger charge is 2.02. The summed E-state index contributed by atoms with van der Waals surface area (Å²) < 4.78 is 1.79. The van der Waals surface area contributed by atoms with E-state index in [4.69, 9.17) is 11.6 Å². The van der Waals surface area contributed by atoms with Crippen molar-refractivity contribution in [1.82, 2.24) is 19.7 Å². The van der Waals surface area contributed by atoms with Gasteiger partial charge in [0.05, 0.1) is 18.4 Å². The van der Waals surface area contributed by atoms with Gasteiger partial charge in [-0.3, -0.25) is 4.68 Å². The van der Waals surface area contributed by atoms with Crippen molar-refractivity contribution in [2.45, 2.75) is 6.54 Å². The van der Waals surface area contributed by atoms with Gasteiger partial charge in [0.1, 0.15) is 17.2 Å². The molecule has 0 fully saturated rings. The molecule has 0 spiro atoms. The van der Waals surface area contributed by atoms with Crippen LogP contribution in [0.15, 0.2) is 24.8 Å². The van der Waals surface area contributed by atoms with E-state index in [1.54, 1.807) is 17.1 Å². The predicted octanol–water partition coefficient (Wildman–Crippen LogP) is 1.48. The first-order chi connectivity index (χ1) is 7.27. The molecule has 2 heterocycles. The maximum absolute atomic E-state index is 5.89. The molecule has 2 aromatic rings. The molecule has 1 N–H and O–H groups in total. The Balaban J connectivity index is 2.06. The third-order valence-corrected chi connectivity index (χ3v) is 2.30. The maximum Gasteiger partial charge on any atom is 0.148 e. The molecule has 0 aromatic carbocycles. The van der Waals surface area contributed by atoms with E-state index < -0.39 is 0 Å². The van der Waals surface area contributed by atoms with Crippen LogP contribution in [0, 0.1) is 0 Å². The van der Waals surface area contributed by atoms with Gasteiger partial charge in [-0.05, 0) is 6.07 Å². The third-order valence-electron chi connectivity index (χ3n) is 2.03. The van der Waals surface area contributed by atoms with E-state index >= 15 is 0 Å². The quantitative estimate of drug-likeness (QED) is 0.856. The number of rotatable bonds is 3. The Morgan fingerprint density at radius 2 is 2.40 bits per heavy atom. The molecule has 0 atom stereocenters. The number of halogens is 1. The summed E-state index contributed by atoms with van der Waals surface area (Å²) in [7, 11) is 1.89. The number of hydrogen-bond acceptors (Lipinski definition) is 4. The third kappa shape index (κ3) is 2.24. The van der Waals surface area contributed by atoms with E-state index in [9.17, 15) is 0 Å². The highest BCUT2D eigenvalue weighted by atomic mass is 35.5. The van der Waals surface area contributed by atoms with Crippen molar-refractivity contribution in [2.75, 3.05) is 5.32 Å². The fourth-order valence-corrected chi connectivity index (χ4v) is 1.36. The van der Waals surface area contributed by atoms with Gasteiger partial charge >= 0.3 is 0 Å². The second kappa shape index (κ2) is 4.27. The first kappa shape index (κ1) is 9.92. The molecule has 2 rings (SSSR count). The summed E-state index contributed by atoms with van der Waals surface area (Å²) in [6.45, 7) is 0.632. The average molecular weight is 224 g/mol. The minimum atomic E-state index is 0.514. The monoisotopic (exact) mass is 223 g/mol. The molecular weight excluding hydrogens is 214 g/mol. The topological polar surface area (TPSA) is 55.6 Å². The van der Waals surface area contributed by atoms with Crippen LogP contribution >= 0.6 is 11.6 Å². The summed E-state index contributed by atoms with van der Waals surface area (Å²) in [5.41, 5.74) is 1.06. The zero-order valence-corrected chi connectivity index (χ0v) is 8.94. The van der Waals surface area contributed by atoms with Crippen LogP contribution in [0.4, 0.5) is 5.82 Å². The molecule has 5 nitrogen and oxygen atoms in total. The Morgan fingerprint density at radius 3 is 3.07 bits per heavy atom. The lowest BCUT2D eigenvalue weighted by Crippen LogP contribution is -2.06. The standard InChI is InChI=1S/C9H10ClN5/c1-15-7(2-3-14-15)4-12-9-8(10)5-11-6-13-9/h2-3,5-6H,4H2,1H3,(H,11,12,13). The van der Waals surface area contributed by atoms with Crippen molar-refractivity contribution in [1.29, 1.82) is 0 Å². The summed E-state index contributed by atoms with van der Waals surface area (Å²) in [5.74, 6) is 0.632. The summed E-state index contributed by atoms with van der Waals surface area (Å²) in [6, 6.07) is 1.93. The molecule has 15 heavy (non-hydrogen) atoms. The minimum absolute atomic E-state index is 0.514. The fourth-order valence-electron chi connectivity index (χ4n) is 1.19. The number of aromatic nitrogens is 4. The molecular formula is C9H10ClN5. The van der Waals surface area contributed by atoms with Crippen LogP contribution in [0.5, 0.6) is 0 Å². The van der Waals surface area contributed by atoms with Gasteiger partial charge in [0, 0.05) is 13.2 Å². The number of nitrogens with one attached hydrogen (secondary N) is 1. The van der Waals surface area contributed by atoms with E-state index in [1.165, 1.54) is 6.33 Å². The number of hydrogen-bond donors (Lipinski definition) is 1. The first-order valence-electron chi connectivity index (χ1n) is 4.43. The zero-order valence-electron chi connectivity index (χ0n) is 8.18. The SMILES string of the molecule is Cn1nccc1CNc1ncncc1Cl. The minimum Gasteiger partial charge on any atom is -0.363 e. The van der Waals surface area contributed by atoms with Gasteiger partial charge < -0.3 is 5.32 Å². The highest BCUT2D eigenvalue weighted by Crippen LogP contribution is 2.16. The Bertz CT molecular complexity index is 453. The van der Waals surface area contributed by atoms with Crippen LogP contribution < -0.4 is 5.32 Å². The number of anilines is 1.